The second-order valence-electron chi connectivity index (χ2n) is 8.42. The molecule has 1 amide bonds. The Morgan fingerprint density at radius 1 is 1.03 bits per heavy atom. The van der Waals surface area contributed by atoms with Crippen LogP contribution in [0, 0.1) is 0 Å². The summed E-state index contributed by atoms with van der Waals surface area (Å²) in [5.74, 6) is 1.75. The van der Waals surface area contributed by atoms with Crippen LogP contribution in [0.25, 0.3) is 32.7 Å². The lowest BCUT2D eigenvalue weighted by molar-refractivity contribution is -0.122. The fourth-order valence-electron chi connectivity index (χ4n) is 4.25. The average molecular weight is 473 g/mol. The van der Waals surface area contributed by atoms with E-state index in [-0.39, 0.29) is 5.91 Å². The molecule has 5 rings (SSSR count). The van der Waals surface area contributed by atoms with E-state index in [0.29, 0.717) is 12.4 Å². The highest BCUT2D eigenvalue weighted by Gasteiger charge is 2.24. The molecule has 174 valence electrons. The molecule has 0 atom stereocenters. The SMILES string of the molecule is CCCNC(=O)CN1CCN(c2nc(-c3cccnc3)nc3scc(-c4ccccc4)c23)CC1. The highest BCUT2D eigenvalue weighted by molar-refractivity contribution is 7.17. The molecule has 1 fully saturated rings. The Balaban J connectivity index is 1.48. The lowest BCUT2D eigenvalue weighted by Gasteiger charge is -2.35. The summed E-state index contributed by atoms with van der Waals surface area (Å²) in [6.45, 7) is 6.50. The van der Waals surface area contributed by atoms with Crippen LogP contribution in [0.4, 0.5) is 5.82 Å². The monoisotopic (exact) mass is 472 g/mol. The van der Waals surface area contributed by atoms with Crippen LogP contribution in [0.15, 0.2) is 60.2 Å². The predicted octanol–water partition coefficient (Wildman–Crippen LogP) is 4.07. The Kier molecular flexibility index (Phi) is 6.78. The maximum absolute atomic E-state index is 12.2. The first-order chi connectivity index (χ1) is 16.7. The minimum Gasteiger partial charge on any atom is -0.355 e. The van der Waals surface area contributed by atoms with E-state index in [0.717, 1.165) is 66.3 Å². The molecule has 0 radical (unpaired) electrons. The third-order valence-corrected chi connectivity index (χ3v) is 6.90. The molecule has 0 unspecified atom stereocenters. The molecule has 1 saturated heterocycles. The zero-order valence-corrected chi connectivity index (χ0v) is 20.1. The van der Waals surface area contributed by atoms with Gasteiger partial charge in [0.15, 0.2) is 5.82 Å². The second kappa shape index (κ2) is 10.3. The summed E-state index contributed by atoms with van der Waals surface area (Å²) in [5, 5.41) is 6.25. The van der Waals surface area contributed by atoms with Crippen molar-refractivity contribution in [3.63, 3.8) is 0 Å². The highest BCUT2D eigenvalue weighted by Crippen LogP contribution is 2.39. The van der Waals surface area contributed by atoms with Gasteiger partial charge in [0.2, 0.25) is 5.91 Å². The van der Waals surface area contributed by atoms with Crippen molar-refractivity contribution in [1.82, 2.24) is 25.2 Å². The number of carbonyl (C=O) groups excluding carboxylic acids is 1. The molecular weight excluding hydrogens is 444 g/mol. The molecule has 1 aromatic carbocycles. The van der Waals surface area contributed by atoms with Crippen molar-refractivity contribution in [1.29, 1.82) is 0 Å². The van der Waals surface area contributed by atoms with E-state index in [1.165, 1.54) is 5.56 Å². The maximum Gasteiger partial charge on any atom is 0.234 e. The number of nitrogens with one attached hydrogen (secondary N) is 1. The third-order valence-electron chi connectivity index (χ3n) is 6.03. The van der Waals surface area contributed by atoms with E-state index < -0.39 is 0 Å². The van der Waals surface area contributed by atoms with Gasteiger partial charge in [-0.25, -0.2) is 9.97 Å². The van der Waals surface area contributed by atoms with Crippen molar-refractivity contribution in [2.75, 3.05) is 44.2 Å². The molecule has 3 aromatic heterocycles. The van der Waals surface area contributed by atoms with Crippen molar-refractivity contribution in [2.24, 2.45) is 0 Å². The Bertz CT molecular complexity index is 1250. The number of benzene rings is 1. The summed E-state index contributed by atoms with van der Waals surface area (Å²) in [6, 6.07) is 14.3. The van der Waals surface area contributed by atoms with E-state index in [2.05, 4.69) is 56.7 Å². The van der Waals surface area contributed by atoms with Crippen molar-refractivity contribution in [3.8, 4) is 22.5 Å². The summed E-state index contributed by atoms with van der Waals surface area (Å²) in [6.07, 6.45) is 4.52. The number of piperazine rings is 1. The van der Waals surface area contributed by atoms with Crippen molar-refractivity contribution in [2.45, 2.75) is 13.3 Å². The maximum atomic E-state index is 12.2. The minimum atomic E-state index is 0.0998. The molecule has 1 N–H and O–H groups in total. The van der Waals surface area contributed by atoms with Gasteiger partial charge in [0.05, 0.1) is 11.9 Å². The Morgan fingerprint density at radius 3 is 2.56 bits per heavy atom. The topological polar surface area (TPSA) is 74.2 Å². The number of pyridine rings is 1. The number of thiophene rings is 1. The van der Waals surface area contributed by atoms with Crippen LogP contribution in [0.2, 0.25) is 0 Å². The first-order valence-electron chi connectivity index (χ1n) is 11.7. The van der Waals surface area contributed by atoms with Gasteiger partial charge in [0.1, 0.15) is 10.6 Å². The van der Waals surface area contributed by atoms with Crippen molar-refractivity contribution < 1.29 is 4.79 Å². The second-order valence-corrected chi connectivity index (χ2v) is 9.28. The lowest BCUT2D eigenvalue weighted by atomic mass is 10.1. The van der Waals surface area contributed by atoms with E-state index in [1.807, 2.05) is 24.4 Å². The fraction of sp³-hybridized carbons (Fsp3) is 0.308. The minimum absolute atomic E-state index is 0.0998. The van der Waals surface area contributed by atoms with Gasteiger partial charge in [-0.05, 0) is 24.1 Å². The Labute approximate surface area is 203 Å². The van der Waals surface area contributed by atoms with E-state index >= 15 is 0 Å². The molecule has 0 aliphatic carbocycles. The van der Waals surface area contributed by atoms with Crippen LogP contribution in [0.1, 0.15) is 13.3 Å². The fourth-order valence-corrected chi connectivity index (χ4v) is 5.19. The zero-order chi connectivity index (χ0) is 23.3. The quantitative estimate of drug-likeness (QED) is 0.437. The number of carbonyl (C=O) groups is 1. The number of rotatable bonds is 7. The number of anilines is 1. The normalized spacial score (nSPS) is 14.4. The van der Waals surface area contributed by atoms with E-state index in [1.54, 1.807) is 17.5 Å². The van der Waals surface area contributed by atoms with Gasteiger partial charge in [0.25, 0.3) is 0 Å². The molecule has 7 nitrogen and oxygen atoms in total. The van der Waals surface area contributed by atoms with Crippen LogP contribution >= 0.6 is 11.3 Å². The molecule has 8 heteroatoms. The number of fused-ring (bicyclic) bond motifs is 1. The molecule has 1 aliphatic rings. The van der Waals surface area contributed by atoms with Gasteiger partial charge in [-0.2, -0.15) is 0 Å². The lowest BCUT2D eigenvalue weighted by Crippen LogP contribution is -2.49. The van der Waals surface area contributed by atoms with Crippen LogP contribution in [-0.4, -0.2) is 65.0 Å². The molecule has 4 aromatic rings. The van der Waals surface area contributed by atoms with Gasteiger partial charge >= 0.3 is 0 Å². The standard InChI is InChI=1S/C26H28N6OS/c1-2-10-28-22(33)17-31-12-14-32(15-13-31)25-23-21(19-7-4-3-5-8-19)18-34-26(23)30-24(29-25)20-9-6-11-27-16-20/h3-9,11,16,18H,2,10,12-15,17H2,1H3,(H,28,33). The average Bonchev–Trinajstić information content (AvgIpc) is 3.33. The van der Waals surface area contributed by atoms with Gasteiger partial charge < -0.3 is 10.2 Å². The number of hydrogen-bond donors (Lipinski definition) is 1. The molecule has 0 bridgehead atoms. The van der Waals surface area contributed by atoms with Gasteiger partial charge in [0, 0.05) is 61.6 Å². The van der Waals surface area contributed by atoms with Crippen LogP contribution in [0.3, 0.4) is 0 Å². The molecule has 4 heterocycles. The number of amides is 1. The summed E-state index contributed by atoms with van der Waals surface area (Å²) < 4.78 is 0. The molecule has 0 saturated carbocycles. The first kappa shape index (κ1) is 22.4. The predicted molar refractivity (Wildman–Crippen MR) is 138 cm³/mol. The summed E-state index contributed by atoms with van der Waals surface area (Å²) in [5.41, 5.74) is 3.24. The number of hydrogen-bond acceptors (Lipinski definition) is 7. The van der Waals surface area contributed by atoms with E-state index in [9.17, 15) is 4.79 Å². The molecular formula is C26H28N6OS. The van der Waals surface area contributed by atoms with Crippen LogP contribution in [0.5, 0.6) is 0 Å². The summed E-state index contributed by atoms with van der Waals surface area (Å²) in [4.78, 5) is 31.9. The van der Waals surface area contributed by atoms with Crippen LogP contribution < -0.4 is 10.2 Å². The van der Waals surface area contributed by atoms with Gasteiger partial charge in [-0.15, -0.1) is 11.3 Å². The number of aromatic nitrogens is 3. The molecule has 0 spiro atoms. The Morgan fingerprint density at radius 2 is 1.82 bits per heavy atom. The van der Waals surface area contributed by atoms with Gasteiger partial charge in [-0.1, -0.05) is 37.3 Å². The summed E-state index contributed by atoms with van der Waals surface area (Å²) in [7, 11) is 0. The largest absolute Gasteiger partial charge is 0.355 e. The number of nitrogens with zero attached hydrogens (tertiary/aromatic N) is 5. The molecule has 1 aliphatic heterocycles. The van der Waals surface area contributed by atoms with Crippen molar-refractivity contribution >= 4 is 33.3 Å². The first-order valence-corrected chi connectivity index (χ1v) is 12.6. The summed E-state index contributed by atoms with van der Waals surface area (Å²) >= 11 is 1.65. The smallest absolute Gasteiger partial charge is 0.234 e. The van der Waals surface area contributed by atoms with Crippen LogP contribution in [-0.2, 0) is 4.79 Å². The zero-order valence-electron chi connectivity index (χ0n) is 19.3. The third kappa shape index (κ3) is 4.78. The van der Waals surface area contributed by atoms with Crippen molar-refractivity contribution in [3.05, 3.63) is 60.2 Å². The van der Waals surface area contributed by atoms with E-state index in [4.69, 9.17) is 9.97 Å². The Hall–Kier alpha value is -3.36. The molecule has 34 heavy (non-hydrogen) atoms. The highest BCUT2D eigenvalue weighted by atomic mass is 32.1. The van der Waals surface area contributed by atoms with Gasteiger partial charge in [-0.3, -0.25) is 14.7 Å².